The molecule has 1 aliphatic carbocycles. The van der Waals surface area contributed by atoms with Crippen LogP contribution < -0.4 is 14.4 Å². The molecule has 1 N–H and O–H groups in total. The predicted octanol–water partition coefficient (Wildman–Crippen LogP) is 4.95. The molecule has 0 saturated heterocycles. The molecule has 0 unspecified atom stereocenters. The number of sulfonamides is 1. The minimum Gasteiger partial charge on any atom is -0.495 e. The maximum absolute atomic E-state index is 13.7. The van der Waals surface area contributed by atoms with E-state index in [1.165, 1.54) is 31.4 Å². The molecule has 168 valence electrons. The van der Waals surface area contributed by atoms with E-state index in [9.17, 15) is 13.2 Å². The first kappa shape index (κ1) is 23.7. The van der Waals surface area contributed by atoms with E-state index in [0.717, 1.165) is 42.0 Å². The lowest BCUT2D eigenvalue weighted by Gasteiger charge is -2.27. The van der Waals surface area contributed by atoms with E-state index in [2.05, 4.69) is 5.32 Å². The molecule has 0 radical (unpaired) electrons. The number of amides is 1. The number of ether oxygens (including phenoxy) is 1. The molecular weight excluding hydrogens is 459 g/mol. The van der Waals surface area contributed by atoms with Crippen LogP contribution >= 0.6 is 23.2 Å². The van der Waals surface area contributed by atoms with Gasteiger partial charge in [-0.25, -0.2) is 8.42 Å². The number of carbonyl (C=O) groups excluding carboxylic acids is 1. The van der Waals surface area contributed by atoms with Gasteiger partial charge in [-0.3, -0.25) is 9.10 Å². The molecule has 1 fully saturated rings. The zero-order valence-electron chi connectivity index (χ0n) is 17.5. The van der Waals surface area contributed by atoms with Crippen LogP contribution in [0, 0.1) is 6.92 Å². The van der Waals surface area contributed by atoms with Crippen molar-refractivity contribution in [3.8, 4) is 5.75 Å². The van der Waals surface area contributed by atoms with E-state index in [-0.39, 0.29) is 39.8 Å². The van der Waals surface area contributed by atoms with Crippen molar-refractivity contribution >= 4 is 44.8 Å². The molecule has 1 amide bonds. The highest BCUT2D eigenvalue weighted by Gasteiger charge is 2.31. The van der Waals surface area contributed by atoms with Gasteiger partial charge in [0.15, 0.2) is 0 Å². The highest BCUT2D eigenvalue weighted by atomic mass is 35.5. The Morgan fingerprint density at radius 1 is 1.10 bits per heavy atom. The van der Waals surface area contributed by atoms with Crippen LogP contribution in [0.25, 0.3) is 0 Å². The summed E-state index contributed by atoms with van der Waals surface area (Å²) in [7, 11) is -2.73. The fourth-order valence-electron chi connectivity index (χ4n) is 3.71. The molecule has 0 aromatic heterocycles. The first-order chi connectivity index (χ1) is 14.7. The molecule has 0 spiro atoms. The lowest BCUT2D eigenvalue weighted by molar-refractivity contribution is -0.120. The highest BCUT2D eigenvalue weighted by Crippen LogP contribution is 2.33. The van der Waals surface area contributed by atoms with Gasteiger partial charge in [-0.05, 0) is 55.7 Å². The Morgan fingerprint density at radius 3 is 2.45 bits per heavy atom. The second-order valence-electron chi connectivity index (χ2n) is 7.67. The highest BCUT2D eigenvalue weighted by molar-refractivity contribution is 7.93. The number of hydrogen-bond acceptors (Lipinski definition) is 4. The van der Waals surface area contributed by atoms with E-state index in [4.69, 9.17) is 27.9 Å². The normalized spacial score (nSPS) is 14.8. The Kier molecular flexibility index (Phi) is 7.73. The smallest absolute Gasteiger partial charge is 0.268 e. The molecule has 31 heavy (non-hydrogen) atoms. The number of methoxy groups -OCH3 is 1. The number of nitrogens with zero attached hydrogens (tertiary/aromatic N) is 1. The lowest BCUT2D eigenvalue weighted by Crippen LogP contribution is -2.45. The molecule has 0 atom stereocenters. The van der Waals surface area contributed by atoms with Crippen molar-refractivity contribution in [2.45, 2.75) is 50.0 Å². The molecule has 1 aliphatic rings. The fourth-order valence-corrected chi connectivity index (χ4v) is 5.66. The van der Waals surface area contributed by atoms with Gasteiger partial charge in [0.1, 0.15) is 17.2 Å². The Morgan fingerprint density at radius 2 is 1.81 bits per heavy atom. The van der Waals surface area contributed by atoms with Gasteiger partial charge in [0, 0.05) is 6.04 Å². The van der Waals surface area contributed by atoms with E-state index >= 15 is 0 Å². The molecule has 0 aliphatic heterocycles. The van der Waals surface area contributed by atoms with Gasteiger partial charge in [0.2, 0.25) is 5.91 Å². The number of benzene rings is 2. The first-order valence-electron chi connectivity index (χ1n) is 10.1. The largest absolute Gasteiger partial charge is 0.495 e. The summed E-state index contributed by atoms with van der Waals surface area (Å²) >= 11 is 12.2. The minimum absolute atomic E-state index is 0.0217. The predicted molar refractivity (Wildman–Crippen MR) is 124 cm³/mol. The van der Waals surface area contributed by atoms with Crippen molar-refractivity contribution < 1.29 is 17.9 Å². The number of anilines is 1. The van der Waals surface area contributed by atoms with Crippen LogP contribution in [-0.4, -0.2) is 34.0 Å². The second-order valence-corrected chi connectivity index (χ2v) is 10.3. The van der Waals surface area contributed by atoms with E-state index in [1.54, 1.807) is 19.1 Å². The van der Waals surface area contributed by atoms with Crippen LogP contribution in [0.3, 0.4) is 0 Å². The van der Waals surface area contributed by atoms with Gasteiger partial charge >= 0.3 is 0 Å². The molecule has 6 nitrogen and oxygen atoms in total. The van der Waals surface area contributed by atoms with Gasteiger partial charge in [0.05, 0.1) is 22.8 Å². The van der Waals surface area contributed by atoms with Crippen molar-refractivity contribution in [3.63, 3.8) is 0 Å². The Labute approximate surface area is 193 Å². The zero-order valence-corrected chi connectivity index (χ0v) is 19.9. The summed E-state index contributed by atoms with van der Waals surface area (Å²) in [6, 6.07) is 9.42. The molecule has 0 bridgehead atoms. The molecular formula is C22H26Cl2N2O4S. The molecule has 9 heteroatoms. The van der Waals surface area contributed by atoms with Crippen LogP contribution in [0.1, 0.15) is 37.7 Å². The number of aryl methyl sites for hydroxylation is 1. The second kappa shape index (κ2) is 10.1. The SMILES string of the molecule is COc1ccc(C)cc1S(=O)(=O)N(CC(=O)NC1CCCCC1)c1ccc(Cl)c(Cl)c1. The van der Waals surface area contributed by atoms with E-state index in [0.29, 0.717) is 5.02 Å². The van der Waals surface area contributed by atoms with Gasteiger partial charge in [-0.1, -0.05) is 48.5 Å². The van der Waals surface area contributed by atoms with Crippen molar-refractivity contribution in [3.05, 3.63) is 52.0 Å². The van der Waals surface area contributed by atoms with E-state index in [1.807, 2.05) is 0 Å². The summed E-state index contributed by atoms with van der Waals surface area (Å²) in [5, 5.41) is 3.46. The third kappa shape index (κ3) is 5.64. The number of halogens is 2. The van der Waals surface area contributed by atoms with Crippen molar-refractivity contribution in [1.29, 1.82) is 0 Å². The number of carbonyl (C=O) groups is 1. The zero-order chi connectivity index (χ0) is 22.6. The van der Waals surface area contributed by atoms with Crippen LogP contribution in [0.15, 0.2) is 41.3 Å². The quantitative estimate of drug-likeness (QED) is 0.602. The Bertz CT molecular complexity index is 1050. The summed E-state index contributed by atoms with van der Waals surface area (Å²) in [5.41, 5.74) is 0.997. The van der Waals surface area contributed by atoms with Gasteiger partial charge in [-0.2, -0.15) is 0 Å². The number of nitrogens with one attached hydrogen (secondary N) is 1. The summed E-state index contributed by atoms with van der Waals surface area (Å²) in [6.45, 7) is 1.41. The average Bonchev–Trinajstić information content (AvgIpc) is 2.74. The Balaban J connectivity index is 1.99. The standard InChI is InChI=1S/C22H26Cl2N2O4S/c1-15-8-11-20(30-2)21(12-15)31(28,29)26(17-9-10-18(23)19(24)13-17)14-22(27)25-16-6-4-3-5-7-16/h8-13,16H,3-7,14H2,1-2H3,(H,25,27). The van der Waals surface area contributed by atoms with Crippen LogP contribution in [0.4, 0.5) is 5.69 Å². The van der Waals surface area contributed by atoms with Gasteiger partial charge in [-0.15, -0.1) is 0 Å². The maximum Gasteiger partial charge on any atom is 0.268 e. The van der Waals surface area contributed by atoms with E-state index < -0.39 is 10.0 Å². The minimum atomic E-state index is -4.14. The average molecular weight is 485 g/mol. The summed E-state index contributed by atoms with van der Waals surface area (Å²) in [5.74, 6) is -0.170. The first-order valence-corrected chi connectivity index (χ1v) is 12.3. The third-order valence-electron chi connectivity index (χ3n) is 5.34. The lowest BCUT2D eigenvalue weighted by atomic mass is 9.95. The van der Waals surface area contributed by atoms with Crippen molar-refractivity contribution in [1.82, 2.24) is 5.32 Å². The molecule has 2 aromatic carbocycles. The molecule has 2 aromatic rings. The van der Waals surface area contributed by atoms with Crippen molar-refractivity contribution in [2.24, 2.45) is 0 Å². The monoisotopic (exact) mass is 484 g/mol. The molecule has 3 rings (SSSR count). The number of hydrogen-bond donors (Lipinski definition) is 1. The van der Waals surface area contributed by atoms with Crippen LogP contribution in [0.2, 0.25) is 10.0 Å². The fraction of sp³-hybridized carbons (Fsp3) is 0.409. The number of rotatable bonds is 7. The molecule has 1 saturated carbocycles. The van der Waals surface area contributed by atoms with Crippen LogP contribution in [-0.2, 0) is 14.8 Å². The summed E-state index contributed by atoms with van der Waals surface area (Å²) < 4.78 is 33.7. The summed E-state index contributed by atoms with van der Waals surface area (Å²) in [6.07, 6.45) is 5.07. The van der Waals surface area contributed by atoms with Crippen molar-refractivity contribution in [2.75, 3.05) is 18.0 Å². The maximum atomic E-state index is 13.7. The topological polar surface area (TPSA) is 75.7 Å². The van der Waals surface area contributed by atoms with Gasteiger partial charge in [0.25, 0.3) is 10.0 Å². The van der Waals surface area contributed by atoms with Crippen LogP contribution in [0.5, 0.6) is 5.75 Å². The Hall–Kier alpha value is -1.96. The third-order valence-corrected chi connectivity index (χ3v) is 7.87. The summed E-state index contributed by atoms with van der Waals surface area (Å²) in [4.78, 5) is 12.8. The van der Waals surface area contributed by atoms with Gasteiger partial charge < -0.3 is 10.1 Å². The molecule has 0 heterocycles.